The standard InChI is InChI=1S/C6H10.CHNO/c1-2-4-6-5-3-1;2-1-3/h1-2H,3-6H2;2H. The lowest BCUT2D eigenvalue weighted by Crippen LogP contribution is -1.77. The van der Waals surface area contributed by atoms with Gasteiger partial charge in [-0.05, 0) is 25.7 Å². The Bertz CT molecular complexity index is 104. The number of allylic oxidation sites excluding steroid dienone is 2. The maximum Gasteiger partial charge on any atom is 0.231 e. The van der Waals surface area contributed by atoms with Crippen molar-refractivity contribution in [3.63, 3.8) is 0 Å². The Morgan fingerprint density at radius 3 is 1.67 bits per heavy atom. The van der Waals surface area contributed by atoms with E-state index in [1.807, 2.05) is 0 Å². The lowest BCUT2D eigenvalue weighted by molar-refractivity contribution is 0.563. The van der Waals surface area contributed by atoms with Gasteiger partial charge in [0.2, 0.25) is 6.08 Å². The van der Waals surface area contributed by atoms with Crippen molar-refractivity contribution >= 4 is 6.08 Å². The molecule has 0 spiro atoms. The first-order valence-electron chi connectivity index (χ1n) is 3.10. The van der Waals surface area contributed by atoms with Crippen LogP contribution >= 0.6 is 0 Å². The minimum Gasteiger partial charge on any atom is -0.222 e. The van der Waals surface area contributed by atoms with E-state index >= 15 is 0 Å². The van der Waals surface area contributed by atoms with E-state index in [4.69, 9.17) is 10.2 Å². The van der Waals surface area contributed by atoms with Gasteiger partial charge in [0.05, 0.1) is 0 Å². The van der Waals surface area contributed by atoms with E-state index < -0.39 is 0 Å². The summed E-state index contributed by atoms with van der Waals surface area (Å²) in [6, 6.07) is 0. The molecular weight excluding hydrogens is 114 g/mol. The SMILES string of the molecule is C1=CCCCC1.N=C=O. The Kier molecular flexibility index (Phi) is 6.42. The van der Waals surface area contributed by atoms with E-state index in [2.05, 4.69) is 12.2 Å². The summed E-state index contributed by atoms with van der Waals surface area (Å²) >= 11 is 0. The summed E-state index contributed by atoms with van der Waals surface area (Å²) < 4.78 is 0. The van der Waals surface area contributed by atoms with Gasteiger partial charge < -0.3 is 0 Å². The summed E-state index contributed by atoms with van der Waals surface area (Å²) in [4.78, 5) is 8.35. The molecule has 50 valence electrons. The van der Waals surface area contributed by atoms with E-state index in [1.54, 1.807) is 0 Å². The molecule has 0 bridgehead atoms. The van der Waals surface area contributed by atoms with Crippen molar-refractivity contribution in [1.82, 2.24) is 0 Å². The molecule has 1 aliphatic rings. The van der Waals surface area contributed by atoms with Crippen LogP contribution in [-0.4, -0.2) is 6.08 Å². The molecule has 0 atom stereocenters. The summed E-state index contributed by atoms with van der Waals surface area (Å²) in [6.45, 7) is 0. The zero-order chi connectivity index (χ0) is 6.95. The van der Waals surface area contributed by atoms with Gasteiger partial charge in [-0.3, -0.25) is 0 Å². The van der Waals surface area contributed by atoms with Crippen molar-refractivity contribution in [2.24, 2.45) is 0 Å². The second-order valence-corrected chi connectivity index (χ2v) is 1.86. The molecule has 1 rings (SSSR count). The van der Waals surface area contributed by atoms with Gasteiger partial charge in [0.1, 0.15) is 0 Å². The van der Waals surface area contributed by atoms with Crippen molar-refractivity contribution in [2.45, 2.75) is 25.7 Å². The van der Waals surface area contributed by atoms with E-state index in [9.17, 15) is 0 Å². The zero-order valence-electron chi connectivity index (χ0n) is 5.39. The molecule has 0 heterocycles. The van der Waals surface area contributed by atoms with Gasteiger partial charge in [0.15, 0.2) is 0 Å². The number of rotatable bonds is 0. The first-order chi connectivity index (χ1) is 4.41. The van der Waals surface area contributed by atoms with Crippen molar-refractivity contribution in [2.75, 3.05) is 0 Å². The van der Waals surface area contributed by atoms with E-state index in [1.165, 1.54) is 25.7 Å². The highest BCUT2D eigenvalue weighted by Gasteiger charge is 1.87. The van der Waals surface area contributed by atoms with Crippen LogP contribution in [0.15, 0.2) is 12.2 Å². The number of isocyanates is 1. The van der Waals surface area contributed by atoms with Gasteiger partial charge in [-0.15, -0.1) is 0 Å². The molecule has 0 radical (unpaired) electrons. The van der Waals surface area contributed by atoms with Gasteiger partial charge in [-0.25, -0.2) is 10.2 Å². The molecule has 0 aromatic heterocycles. The van der Waals surface area contributed by atoms with Crippen molar-refractivity contribution < 1.29 is 4.79 Å². The minimum absolute atomic E-state index is 0.750. The van der Waals surface area contributed by atoms with Crippen LogP contribution < -0.4 is 0 Å². The Morgan fingerprint density at radius 1 is 1.22 bits per heavy atom. The van der Waals surface area contributed by atoms with Gasteiger partial charge in [-0.1, -0.05) is 12.2 Å². The first-order valence-corrected chi connectivity index (χ1v) is 3.10. The first kappa shape index (κ1) is 8.12. The molecule has 0 aromatic rings. The van der Waals surface area contributed by atoms with Gasteiger partial charge in [-0.2, -0.15) is 0 Å². The number of hydrogen-bond donors (Lipinski definition) is 1. The summed E-state index contributed by atoms with van der Waals surface area (Å²) in [6.07, 6.45) is 10.8. The average Bonchev–Trinajstić information content (AvgIpc) is 1.93. The van der Waals surface area contributed by atoms with Crippen molar-refractivity contribution in [3.8, 4) is 0 Å². The molecule has 2 heteroatoms. The molecule has 0 saturated carbocycles. The average molecular weight is 125 g/mol. The third-order valence-corrected chi connectivity index (χ3v) is 1.16. The highest BCUT2D eigenvalue weighted by molar-refractivity contribution is 5.26. The topological polar surface area (TPSA) is 40.9 Å². The van der Waals surface area contributed by atoms with Crippen LogP contribution in [0.25, 0.3) is 0 Å². The maximum atomic E-state index is 8.35. The normalized spacial score (nSPS) is 15.1. The summed E-state index contributed by atoms with van der Waals surface area (Å²) in [5.74, 6) is 0. The van der Waals surface area contributed by atoms with E-state index in [-0.39, 0.29) is 0 Å². The quantitative estimate of drug-likeness (QED) is 0.300. The molecule has 0 unspecified atom stereocenters. The maximum absolute atomic E-state index is 8.35. The fraction of sp³-hybridized carbons (Fsp3) is 0.571. The molecule has 1 N–H and O–H groups in total. The second kappa shape index (κ2) is 7.12. The van der Waals surface area contributed by atoms with E-state index in [0.717, 1.165) is 6.08 Å². The summed E-state index contributed by atoms with van der Waals surface area (Å²) in [5.41, 5.74) is 0. The van der Waals surface area contributed by atoms with Crippen LogP contribution in [0.4, 0.5) is 0 Å². The molecule has 0 amide bonds. The third-order valence-electron chi connectivity index (χ3n) is 1.16. The Balaban J connectivity index is 0.000000187. The fourth-order valence-corrected chi connectivity index (χ4v) is 0.760. The second-order valence-electron chi connectivity index (χ2n) is 1.86. The molecular formula is C7H11NO. The molecule has 0 aromatic carbocycles. The highest BCUT2D eigenvalue weighted by Crippen LogP contribution is 2.07. The lowest BCUT2D eigenvalue weighted by atomic mass is 10.1. The monoisotopic (exact) mass is 125 g/mol. The largest absolute Gasteiger partial charge is 0.231 e. The summed E-state index contributed by atoms with van der Waals surface area (Å²) in [7, 11) is 0. The van der Waals surface area contributed by atoms with Crippen LogP contribution in [0.1, 0.15) is 25.7 Å². The minimum atomic E-state index is 0.750. The molecule has 1 aliphatic carbocycles. The predicted octanol–water partition coefficient (Wildman–Crippen LogP) is 2.02. The molecule has 0 saturated heterocycles. The van der Waals surface area contributed by atoms with Gasteiger partial charge in [0.25, 0.3) is 0 Å². The van der Waals surface area contributed by atoms with Crippen molar-refractivity contribution in [3.05, 3.63) is 12.2 Å². The van der Waals surface area contributed by atoms with Gasteiger partial charge in [0, 0.05) is 0 Å². The van der Waals surface area contributed by atoms with E-state index in [0.29, 0.717) is 0 Å². The van der Waals surface area contributed by atoms with Gasteiger partial charge >= 0.3 is 0 Å². The van der Waals surface area contributed by atoms with Crippen LogP contribution in [0.3, 0.4) is 0 Å². The third kappa shape index (κ3) is 7.12. The Hall–Kier alpha value is -0.880. The van der Waals surface area contributed by atoms with Crippen LogP contribution in [-0.2, 0) is 4.79 Å². The zero-order valence-corrected chi connectivity index (χ0v) is 5.39. The summed E-state index contributed by atoms with van der Waals surface area (Å²) in [5, 5.41) is 5.40. The predicted molar refractivity (Wildman–Crippen MR) is 36.0 cm³/mol. The number of nitrogens with one attached hydrogen (secondary N) is 1. The van der Waals surface area contributed by atoms with Crippen LogP contribution in [0.5, 0.6) is 0 Å². The Labute approximate surface area is 55.1 Å². The molecule has 0 aliphatic heterocycles. The highest BCUT2D eigenvalue weighted by atomic mass is 16.1. The Morgan fingerprint density at radius 2 is 1.56 bits per heavy atom. The lowest BCUT2D eigenvalue weighted by Gasteiger charge is -1.97. The molecule has 2 nitrogen and oxygen atoms in total. The van der Waals surface area contributed by atoms with Crippen molar-refractivity contribution in [1.29, 1.82) is 5.41 Å². The number of hydrogen-bond acceptors (Lipinski definition) is 2. The smallest absolute Gasteiger partial charge is 0.222 e. The molecule has 9 heavy (non-hydrogen) atoms. The molecule has 0 fully saturated rings. The van der Waals surface area contributed by atoms with Crippen LogP contribution in [0, 0.1) is 5.41 Å². The number of carbonyl (C=O) groups excluding carboxylic acids is 1. The van der Waals surface area contributed by atoms with Crippen LogP contribution in [0.2, 0.25) is 0 Å². The fourth-order valence-electron chi connectivity index (χ4n) is 0.760.